The number of piperidine rings is 1. The Hall–Kier alpha value is -2.12. The van der Waals surface area contributed by atoms with E-state index in [1.54, 1.807) is 0 Å². The zero-order valence-corrected chi connectivity index (χ0v) is 16.0. The first-order valence-corrected chi connectivity index (χ1v) is 9.43. The Labute approximate surface area is 161 Å². The van der Waals surface area contributed by atoms with Crippen molar-refractivity contribution in [3.8, 4) is 0 Å². The van der Waals surface area contributed by atoms with Crippen molar-refractivity contribution in [2.24, 2.45) is 11.8 Å². The minimum Gasteiger partial charge on any atom is -0.465 e. The second-order valence-corrected chi connectivity index (χ2v) is 7.43. The van der Waals surface area contributed by atoms with Gasteiger partial charge in [0.15, 0.2) is 0 Å². The SMILES string of the molecule is CC(C)CCCOC(=O)C1CCN(C(=O)c2cccc(C(F)(F)F)c2F)CC1. The first kappa shape index (κ1) is 22.2. The number of carbonyl (C=O) groups excluding carboxylic acids is 2. The third kappa shape index (κ3) is 5.69. The highest BCUT2D eigenvalue weighted by molar-refractivity contribution is 5.95. The number of nitrogens with zero attached hydrogens (tertiary/aromatic N) is 1. The number of amides is 1. The molecule has 0 atom stereocenters. The summed E-state index contributed by atoms with van der Waals surface area (Å²) in [5, 5.41) is 0. The van der Waals surface area contributed by atoms with Crippen molar-refractivity contribution >= 4 is 11.9 Å². The highest BCUT2D eigenvalue weighted by Crippen LogP contribution is 2.33. The largest absolute Gasteiger partial charge is 0.465 e. The van der Waals surface area contributed by atoms with Gasteiger partial charge in [-0.2, -0.15) is 13.2 Å². The summed E-state index contributed by atoms with van der Waals surface area (Å²) in [6.45, 7) is 4.86. The van der Waals surface area contributed by atoms with E-state index in [-0.39, 0.29) is 25.0 Å². The van der Waals surface area contributed by atoms with Gasteiger partial charge < -0.3 is 9.64 Å². The Morgan fingerprint density at radius 3 is 2.43 bits per heavy atom. The molecule has 0 saturated carbocycles. The molecule has 1 amide bonds. The molecule has 28 heavy (non-hydrogen) atoms. The fourth-order valence-electron chi connectivity index (χ4n) is 3.19. The van der Waals surface area contributed by atoms with Crippen LogP contribution in [0.1, 0.15) is 55.5 Å². The van der Waals surface area contributed by atoms with Crippen molar-refractivity contribution in [1.29, 1.82) is 0 Å². The number of rotatable bonds is 6. The van der Waals surface area contributed by atoms with Gasteiger partial charge in [0.2, 0.25) is 0 Å². The minimum absolute atomic E-state index is 0.167. The van der Waals surface area contributed by atoms with E-state index in [1.165, 1.54) is 4.90 Å². The number of esters is 1. The normalized spacial score (nSPS) is 15.8. The zero-order valence-electron chi connectivity index (χ0n) is 16.0. The fourth-order valence-corrected chi connectivity index (χ4v) is 3.19. The molecular weight excluding hydrogens is 378 g/mol. The number of ether oxygens (including phenoxy) is 1. The maximum atomic E-state index is 14.2. The van der Waals surface area contributed by atoms with E-state index in [0.717, 1.165) is 25.0 Å². The third-order valence-electron chi connectivity index (χ3n) is 4.82. The number of carbonyl (C=O) groups is 2. The predicted octanol–water partition coefficient (Wildman–Crippen LogP) is 4.68. The van der Waals surface area contributed by atoms with Crippen molar-refractivity contribution in [1.82, 2.24) is 4.90 Å². The van der Waals surface area contributed by atoms with Crippen LogP contribution in [0, 0.1) is 17.7 Å². The Kier molecular flexibility index (Phi) is 7.43. The molecule has 1 saturated heterocycles. The molecule has 0 spiro atoms. The first-order chi connectivity index (χ1) is 13.1. The first-order valence-electron chi connectivity index (χ1n) is 9.43. The summed E-state index contributed by atoms with van der Waals surface area (Å²) in [6, 6.07) is 2.66. The van der Waals surface area contributed by atoms with Gasteiger partial charge in [0.25, 0.3) is 5.91 Å². The van der Waals surface area contributed by atoms with Gasteiger partial charge in [-0.25, -0.2) is 4.39 Å². The van der Waals surface area contributed by atoms with E-state index in [2.05, 4.69) is 13.8 Å². The van der Waals surface area contributed by atoms with E-state index in [0.29, 0.717) is 31.4 Å². The summed E-state index contributed by atoms with van der Waals surface area (Å²) in [7, 11) is 0. The van der Waals surface area contributed by atoms with Gasteiger partial charge in [-0.3, -0.25) is 9.59 Å². The molecular formula is C20H25F4NO3. The van der Waals surface area contributed by atoms with Crippen LogP contribution in [0.5, 0.6) is 0 Å². The molecule has 1 aliphatic rings. The van der Waals surface area contributed by atoms with E-state index in [9.17, 15) is 27.2 Å². The van der Waals surface area contributed by atoms with Crippen LogP contribution >= 0.6 is 0 Å². The summed E-state index contributed by atoms with van der Waals surface area (Å²) in [5.41, 5.74) is -2.07. The summed E-state index contributed by atoms with van der Waals surface area (Å²) < 4.78 is 57.9. The van der Waals surface area contributed by atoms with Crippen LogP contribution in [-0.4, -0.2) is 36.5 Å². The highest BCUT2D eigenvalue weighted by Gasteiger charge is 2.37. The van der Waals surface area contributed by atoms with Crippen molar-refractivity contribution in [2.75, 3.05) is 19.7 Å². The van der Waals surface area contributed by atoms with E-state index < -0.39 is 29.0 Å². The lowest BCUT2D eigenvalue weighted by molar-refractivity contribution is -0.150. The Bertz CT molecular complexity index is 695. The summed E-state index contributed by atoms with van der Waals surface area (Å²) in [4.78, 5) is 25.8. The number of alkyl halides is 3. The standard InChI is InChI=1S/C20H25F4NO3/c1-13(2)5-4-12-28-19(27)14-8-10-25(11-9-14)18(26)15-6-3-7-16(17(15)21)20(22,23)24/h3,6-7,13-14H,4-5,8-12H2,1-2H3. The molecule has 1 heterocycles. The number of hydrogen-bond acceptors (Lipinski definition) is 3. The molecule has 2 rings (SSSR count). The number of benzene rings is 1. The number of halogens is 4. The molecule has 0 bridgehead atoms. The second kappa shape index (κ2) is 9.39. The molecule has 1 fully saturated rings. The lowest BCUT2D eigenvalue weighted by atomic mass is 9.96. The zero-order chi connectivity index (χ0) is 20.9. The molecule has 0 aromatic heterocycles. The second-order valence-electron chi connectivity index (χ2n) is 7.43. The van der Waals surface area contributed by atoms with Gasteiger partial charge in [-0.1, -0.05) is 19.9 Å². The topological polar surface area (TPSA) is 46.6 Å². The van der Waals surface area contributed by atoms with Crippen LogP contribution in [0.2, 0.25) is 0 Å². The third-order valence-corrected chi connectivity index (χ3v) is 4.82. The molecule has 0 aliphatic carbocycles. The average molecular weight is 403 g/mol. The molecule has 0 N–H and O–H groups in total. The summed E-state index contributed by atoms with van der Waals surface area (Å²) >= 11 is 0. The van der Waals surface area contributed by atoms with E-state index >= 15 is 0 Å². The molecule has 1 aromatic rings. The van der Waals surface area contributed by atoms with Crippen molar-refractivity contribution < 1.29 is 31.9 Å². The van der Waals surface area contributed by atoms with Gasteiger partial charge in [0.05, 0.1) is 23.7 Å². The maximum absolute atomic E-state index is 14.2. The van der Waals surface area contributed by atoms with Crippen LogP contribution in [0.3, 0.4) is 0 Å². The van der Waals surface area contributed by atoms with Crippen LogP contribution in [0.25, 0.3) is 0 Å². The van der Waals surface area contributed by atoms with Crippen LogP contribution in [-0.2, 0) is 15.7 Å². The molecule has 1 aliphatic heterocycles. The van der Waals surface area contributed by atoms with E-state index in [4.69, 9.17) is 4.74 Å². The summed E-state index contributed by atoms with van der Waals surface area (Å²) in [6.07, 6.45) is -2.43. The maximum Gasteiger partial charge on any atom is 0.419 e. The smallest absolute Gasteiger partial charge is 0.419 e. The monoisotopic (exact) mass is 403 g/mol. The van der Waals surface area contributed by atoms with Crippen LogP contribution in [0.4, 0.5) is 17.6 Å². The molecule has 0 unspecified atom stereocenters. The van der Waals surface area contributed by atoms with Gasteiger partial charge in [-0.15, -0.1) is 0 Å². The van der Waals surface area contributed by atoms with Crippen molar-refractivity contribution in [3.05, 3.63) is 35.1 Å². The molecule has 1 aromatic carbocycles. The molecule has 8 heteroatoms. The quantitative estimate of drug-likeness (QED) is 0.394. The number of hydrogen-bond donors (Lipinski definition) is 0. The Balaban J connectivity index is 1.91. The Morgan fingerprint density at radius 2 is 1.86 bits per heavy atom. The predicted molar refractivity (Wildman–Crippen MR) is 95.1 cm³/mol. The summed E-state index contributed by atoms with van der Waals surface area (Å²) in [5.74, 6) is -2.50. The molecule has 4 nitrogen and oxygen atoms in total. The van der Waals surface area contributed by atoms with Crippen molar-refractivity contribution in [3.63, 3.8) is 0 Å². The highest BCUT2D eigenvalue weighted by atomic mass is 19.4. The average Bonchev–Trinajstić information content (AvgIpc) is 2.63. The molecule has 0 radical (unpaired) electrons. The van der Waals surface area contributed by atoms with Gasteiger partial charge in [0.1, 0.15) is 5.82 Å². The lowest BCUT2D eigenvalue weighted by Crippen LogP contribution is -2.41. The number of likely N-dealkylation sites (tertiary alicyclic amines) is 1. The Morgan fingerprint density at radius 1 is 1.21 bits per heavy atom. The minimum atomic E-state index is -4.87. The fraction of sp³-hybridized carbons (Fsp3) is 0.600. The van der Waals surface area contributed by atoms with Gasteiger partial charge in [-0.05, 0) is 43.7 Å². The van der Waals surface area contributed by atoms with Crippen LogP contribution in [0.15, 0.2) is 18.2 Å². The lowest BCUT2D eigenvalue weighted by Gasteiger charge is -2.31. The van der Waals surface area contributed by atoms with E-state index in [1.807, 2.05) is 0 Å². The van der Waals surface area contributed by atoms with Crippen LogP contribution < -0.4 is 0 Å². The molecule has 156 valence electrons. The van der Waals surface area contributed by atoms with Crippen molar-refractivity contribution in [2.45, 2.75) is 45.7 Å². The van der Waals surface area contributed by atoms with Gasteiger partial charge in [0, 0.05) is 13.1 Å². The van der Waals surface area contributed by atoms with Gasteiger partial charge >= 0.3 is 12.1 Å².